The van der Waals surface area contributed by atoms with Crippen LogP contribution in [0.1, 0.15) is 11.1 Å². The Balaban J connectivity index is 1.99. The summed E-state index contributed by atoms with van der Waals surface area (Å²) in [5.41, 5.74) is 3.69. The van der Waals surface area contributed by atoms with Crippen LogP contribution in [0.15, 0.2) is 34.2 Å². The molecule has 19 heavy (non-hydrogen) atoms. The van der Waals surface area contributed by atoms with Gasteiger partial charge in [-0.1, -0.05) is 0 Å². The molecule has 6 heteroatoms. The molecular weight excluding hydrogens is 276 g/mol. The van der Waals surface area contributed by atoms with Crippen LogP contribution in [0.4, 0.5) is 5.69 Å². The number of benzene rings is 1. The summed E-state index contributed by atoms with van der Waals surface area (Å²) in [5.74, 6) is 0. The maximum Gasteiger partial charge on any atom is 0.170 e. The van der Waals surface area contributed by atoms with Crippen LogP contribution in [-0.4, -0.2) is 9.97 Å². The average molecular weight is 286 g/mol. The predicted octanol–water partition coefficient (Wildman–Crippen LogP) is 3.92. The van der Waals surface area contributed by atoms with Crippen molar-refractivity contribution in [2.75, 3.05) is 4.72 Å². The van der Waals surface area contributed by atoms with Gasteiger partial charge < -0.3 is 9.71 Å². The molecule has 0 saturated carbocycles. The van der Waals surface area contributed by atoms with E-state index in [1.807, 2.05) is 30.6 Å². The van der Waals surface area contributed by atoms with Crippen LogP contribution < -0.4 is 4.72 Å². The summed E-state index contributed by atoms with van der Waals surface area (Å²) in [6.45, 7) is 2.00. The van der Waals surface area contributed by atoms with E-state index >= 15 is 0 Å². The molecule has 3 aromatic rings. The van der Waals surface area contributed by atoms with E-state index in [-0.39, 0.29) is 0 Å². The number of hydrogen-bond donors (Lipinski definition) is 2. The van der Waals surface area contributed by atoms with E-state index in [4.69, 9.17) is 5.26 Å². The highest BCUT2D eigenvalue weighted by molar-refractivity contribution is 8.02. The standard InChI is InChI=1S/C13H10N4S2/c1-8-7-16-12-10(3-2-9(6-14)11(8)12)17-19-13-15-4-5-18-13/h2-5,7,16-17H,1H3. The third kappa shape index (κ3) is 2.18. The lowest BCUT2D eigenvalue weighted by molar-refractivity contribution is 1.25. The highest BCUT2D eigenvalue weighted by atomic mass is 32.2. The summed E-state index contributed by atoms with van der Waals surface area (Å²) in [6, 6.07) is 5.98. The zero-order chi connectivity index (χ0) is 13.2. The number of rotatable bonds is 3. The SMILES string of the molecule is Cc1c[nH]c2c(NSc3nccs3)ccc(C#N)c12. The van der Waals surface area contributed by atoms with Crippen LogP contribution in [0.3, 0.4) is 0 Å². The van der Waals surface area contributed by atoms with Crippen molar-refractivity contribution in [1.29, 1.82) is 5.26 Å². The fraction of sp³-hybridized carbons (Fsp3) is 0.0769. The first-order valence-electron chi connectivity index (χ1n) is 5.62. The van der Waals surface area contributed by atoms with Gasteiger partial charge in [-0.05, 0) is 24.6 Å². The molecule has 2 aromatic heterocycles. The van der Waals surface area contributed by atoms with Crippen molar-refractivity contribution in [1.82, 2.24) is 9.97 Å². The zero-order valence-corrected chi connectivity index (χ0v) is 11.7. The smallest absolute Gasteiger partial charge is 0.170 e. The minimum absolute atomic E-state index is 0.693. The molecule has 2 heterocycles. The number of H-pyrrole nitrogens is 1. The van der Waals surface area contributed by atoms with E-state index in [9.17, 15) is 0 Å². The van der Waals surface area contributed by atoms with Gasteiger partial charge in [-0.3, -0.25) is 0 Å². The topological polar surface area (TPSA) is 64.5 Å². The Bertz CT molecular complexity index is 753. The Morgan fingerprint density at radius 1 is 1.47 bits per heavy atom. The van der Waals surface area contributed by atoms with Gasteiger partial charge in [0.1, 0.15) is 0 Å². The molecule has 0 spiro atoms. The molecule has 0 unspecified atom stereocenters. The third-order valence-electron chi connectivity index (χ3n) is 2.81. The molecule has 0 bridgehead atoms. The summed E-state index contributed by atoms with van der Waals surface area (Å²) in [7, 11) is 0. The summed E-state index contributed by atoms with van der Waals surface area (Å²) < 4.78 is 4.24. The van der Waals surface area contributed by atoms with Gasteiger partial charge in [0, 0.05) is 35.1 Å². The number of aromatic amines is 1. The van der Waals surface area contributed by atoms with Crippen LogP contribution in [0.2, 0.25) is 0 Å². The van der Waals surface area contributed by atoms with Gasteiger partial charge in [-0.15, -0.1) is 11.3 Å². The van der Waals surface area contributed by atoms with Crippen molar-refractivity contribution >= 4 is 39.9 Å². The van der Waals surface area contributed by atoms with Crippen LogP contribution in [-0.2, 0) is 0 Å². The highest BCUT2D eigenvalue weighted by Crippen LogP contribution is 2.31. The first-order chi connectivity index (χ1) is 9.29. The lowest BCUT2D eigenvalue weighted by Gasteiger charge is -2.06. The molecule has 0 fully saturated rings. The number of nitrogens with zero attached hydrogens (tertiary/aromatic N) is 2. The van der Waals surface area contributed by atoms with Crippen molar-refractivity contribution in [2.45, 2.75) is 11.3 Å². The van der Waals surface area contributed by atoms with Crippen LogP contribution >= 0.6 is 23.3 Å². The van der Waals surface area contributed by atoms with E-state index in [0.29, 0.717) is 5.56 Å². The second kappa shape index (κ2) is 4.96. The summed E-state index contributed by atoms with van der Waals surface area (Å²) >= 11 is 3.06. The Hall–Kier alpha value is -1.97. The maximum absolute atomic E-state index is 9.15. The normalized spacial score (nSPS) is 10.5. The molecular formula is C13H10N4S2. The molecule has 0 radical (unpaired) electrons. The van der Waals surface area contributed by atoms with E-state index in [0.717, 1.165) is 26.5 Å². The number of aryl methyl sites for hydroxylation is 1. The molecule has 0 amide bonds. The Labute approximate surface area is 118 Å². The number of thiazole rings is 1. The van der Waals surface area contributed by atoms with Crippen molar-refractivity contribution < 1.29 is 0 Å². The van der Waals surface area contributed by atoms with Gasteiger partial charge in [0.15, 0.2) is 4.34 Å². The van der Waals surface area contributed by atoms with Gasteiger partial charge in [0.05, 0.1) is 22.8 Å². The molecule has 2 N–H and O–H groups in total. The third-order valence-corrected chi connectivity index (χ3v) is 4.52. The second-order valence-electron chi connectivity index (χ2n) is 4.00. The number of nitrogens with one attached hydrogen (secondary N) is 2. The molecule has 0 atom stereocenters. The number of aromatic nitrogens is 2. The highest BCUT2D eigenvalue weighted by Gasteiger charge is 2.10. The van der Waals surface area contributed by atoms with Gasteiger partial charge in [-0.25, -0.2) is 4.98 Å². The first kappa shape index (κ1) is 12.1. The lowest BCUT2D eigenvalue weighted by Crippen LogP contribution is -1.89. The van der Waals surface area contributed by atoms with Crippen molar-refractivity contribution in [3.8, 4) is 6.07 Å². The van der Waals surface area contributed by atoms with Crippen molar-refractivity contribution in [3.05, 3.63) is 41.0 Å². The van der Waals surface area contributed by atoms with E-state index in [1.165, 1.54) is 11.9 Å². The van der Waals surface area contributed by atoms with Gasteiger partial charge >= 0.3 is 0 Å². The summed E-state index contributed by atoms with van der Waals surface area (Å²) in [6.07, 6.45) is 3.70. The molecule has 0 aliphatic heterocycles. The molecule has 0 saturated heterocycles. The quantitative estimate of drug-likeness (QED) is 0.716. The monoisotopic (exact) mass is 286 g/mol. The molecule has 0 aliphatic carbocycles. The minimum atomic E-state index is 0.693. The fourth-order valence-electron chi connectivity index (χ4n) is 1.95. The minimum Gasteiger partial charge on any atom is -0.359 e. The van der Waals surface area contributed by atoms with Crippen LogP contribution in [0.5, 0.6) is 0 Å². The lowest BCUT2D eigenvalue weighted by atomic mass is 10.1. The predicted molar refractivity (Wildman–Crippen MR) is 79.3 cm³/mol. The Morgan fingerprint density at radius 2 is 2.37 bits per heavy atom. The number of hydrogen-bond acceptors (Lipinski definition) is 5. The van der Waals surface area contributed by atoms with Gasteiger partial charge in [-0.2, -0.15) is 5.26 Å². The summed E-state index contributed by atoms with van der Waals surface area (Å²) in [5, 5.41) is 12.1. The number of anilines is 1. The maximum atomic E-state index is 9.15. The van der Waals surface area contributed by atoms with Crippen LogP contribution in [0.25, 0.3) is 10.9 Å². The van der Waals surface area contributed by atoms with Crippen LogP contribution in [0, 0.1) is 18.3 Å². The average Bonchev–Trinajstić information content (AvgIpc) is 3.07. The van der Waals surface area contributed by atoms with Gasteiger partial charge in [0.25, 0.3) is 0 Å². The molecule has 0 aliphatic rings. The number of nitriles is 1. The molecule has 3 rings (SSSR count). The zero-order valence-electron chi connectivity index (χ0n) is 10.1. The van der Waals surface area contributed by atoms with E-state index in [1.54, 1.807) is 17.5 Å². The molecule has 94 valence electrons. The summed E-state index contributed by atoms with van der Waals surface area (Å²) in [4.78, 5) is 7.42. The van der Waals surface area contributed by atoms with Crippen molar-refractivity contribution in [3.63, 3.8) is 0 Å². The number of fused-ring (bicyclic) bond motifs is 1. The molecule has 4 nitrogen and oxygen atoms in total. The Morgan fingerprint density at radius 3 is 3.11 bits per heavy atom. The largest absolute Gasteiger partial charge is 0.359 e. The first-order valence-corrected chi connectivity index (χ1v) is 7.32. The van der Waals surface area contributed by atoms with Crippen molar-refractivity contribution in [2.24, 2.45) is 0 Å². The second-order valence-corrected chi connectivity index (χ2v) is 5.94. The Kier molecular flexibility index (Phi) is 3.15. The van der Waals surface area contributed by atoms with Gasteiger partial charge in [0.2, 0.25) is 0 Å². The molecule has 1 aromatic carbocycles. The van der Waals surface area contributed by atoms with E-state index in [2.05, 4.69) is 20.8 Å². The van der Waals surface area contributed by atoms with E-state index < -0.39 is 0 Å². The fourth-order valence-corrected chi connectivity index (χ4v) is 3.28.